The lowest BCUT2D eigenvalue weighted by Gasteiger charge is -2.24. The number of carbonyl (C=O) groups excluding carboxylic acids is 1. The van der Waals surface area contributed by atoms with E-state index in [0.29, 0.717) is 18.7 Å². The number of rotatable bonds is 8. The van der Waals surface area contributed by atoms with Gasteiger partial charge in [-0.15, -0.1) is 11.8 Å². The van der Waals surface area contributed by atoms with E-state index in [1.165, 1.54) is 28.2 Å². The number of halogens is 1. The normalized spacial score (nSPS) is 14.9. The summed E-state index contributed by atoms with van der Waals surface area (Å²) in [5.41, 5.74) is 2.46. The molecule has 27 heavy (non-hydrogen) atoms. The predicted octanol–water partition coefficient (Wildman–Crippen LogP) is 2.04. The molecule has 6 heteroatoms. The van der Waals surface area contributed by atoms with Gasteiger partial charge in [-0.25, -0.2) is 4.39 Å². The summed E-state index contributed by atoms with van der Waals surface area (Å²) < 4.78 is 18.3. The van der Waals surface area contributed by atoms with Crippen molar-refractivity contribution in [1.29, 1.82) is 0 Å². The number of nitrogens with one attached hydrogen (secondary N) is 2. The lowest BCUT2D eigenvalue weighted by atomic mass is 10.1. The van der Waals surface area contributed by atoms with Gasteiger partial charge in [0.25, 0.3) is 0 Å². The fourth-order valence-corrected chi connectivity index (χ4v) is 3.93. The van der Waals surface area contributed by atoms with Crippen LogP contribution in [0.4, 0.5) is 4.39 Å². The molecule has 1 heterocycles. The third-order valence-corrected chi connectivity index (χ3v) is 5.66. The molecule has 0 atom stereocenters. The topological polar surface area (TPSA) is 42.8 Å². The van der Waals surface area contributed by atoms with Gasteiger partial charge in [0, 0.05) is 29.2 Å². The average Bonchev–Trinajstić information content (AvgIpc) is 2.70. The molecule has 1 fully saturated rings. The highest BCUT2D eigenvalue weighted by molar-refractivity contribution is 7.99. The number of thioether (sulfide) groups is 1. The van der Waals surface area contributed by atoms with E-state index >= 15 is 0 Å². The average molecular weight is 390 g/mol. The van der Waals surface area contributed by atoms with Crippen LogP contribution in [-0.4, -0.2) is 38.0 Å². The molecule has 4 nitrogen and oxygen atoms in total. The third-order valence-electron chi connectivity index (χ3n) is 4.65. The summed E-state index contributed by atoms with van der Waals surface area (Å²) >= 11 is 1.56. The van der Waals surface area contributed by atoms with Crippen molar-refractivity contribution >= 4 is 17.7 Å². The van der Waals surface area contributed by atoms with Gasteiger partial charge in [0.05, 0.1) is 13.2 Å². The molecule has 2 aromatic rings. The van der Waals surface area contributed by atoms with Crippen molar-refractivity contribution in [2.45, 2.75) is 24.4 Å². The SMILES string of the molecule is O=C(CCSc1ccc(F)cc1)NCc1ccccc1C[NH+]1CCOCC1. The Morgan fingerprint density at radius 3 is 2.52 bits per heavy atom. The summed E-state index contributed by atoms with van der Waals surface area (Å²) in [6, 6.07) is 14.7. The molecular formula is C21H26FN2O2S+. The molecule has 1 amide bonds. The van der Waals surface area contributed by atoms with Crippen molar-refractivity contribution in [2.75, 3.05) is 32.1 Å². The smallest absolute Gasteiger partial charge is 0.221 e. The Morgan fingerprint density at radius 1 is 1.07 bits per heavy atom. The molecule has 1 saturated heterocycles. The van der Waals surface area contributed by atoms with Gasteiger partial charge < -0.3 is 15.0 Å². The lowest BCUT2D eigenvalue weighted by Crippen LogP contribution is -3.12. The predicted molar refractivity (Wildman–Crippen MR) is 105 cm³/mol. The quantitative estimate of drug-likeness (QED) is 0.679. The van der Waals surface area contributed by atoms with Gasteiger partial charge in [-0.1, -0.05) is 24.3 Å². The minimum Gasteiger partial charge on any atom is -0.370 e. The van der Waals surface area contributed by atoms with Gasteiger partial charge in [0.1, 0.15) is 25.5 Å². The van der Waals surface area contributed by atoms with Crippen molar-refractivity contribution in [2.24, 2.45) is 0 Å². The number of carbonyl (C=O) groups is 1. The Labute approximate surface area is 164 Å². The van der Waals surface area contributed by atoms with Crippen molar-refractivity contribution in [3.05, 3.63) is 65.5 Å². The van der Waals surface area contributed by atoms with Crippen LogP contribution < -0.4 is 10.2 Å². The first-order valence-corrected chi connectivity index (χ1v) is 10.3. The summed E-state index contributed by atoms with van der Waals surface area (Å²) in [6.07, 6.45) is 0.443. The van der Waals surface area contributed by atoms with E-state index < -0.39 is 0 Å². The Bertz CT molecular complexity index is 733. The molecule has 0 aliphatic carbocycles. The Kier molecular flexibility index (Phi) is 7.68. The Hall–Kier alpha value is -1.89. The zero-order valence-corrected chi connectivity index (χ0v) is 16.2. The number of hydrogen-bond acceptors (Lipinski definition) is 3. The van der Waals surface area contributed by atoms with Crippen molar-refractivity contribution in [1.82, 2.24) is 5.32 Å². The van der Waals surface area contributed by atoms with Gasteiger partial charge in [0.15, 0.2) is 0 Å². The van der Waals surface area contributed by atoms with Gasteiger partial charge in [-0.2, -0.15) is 0 Å². The molecule has 0 spiro atoms. The summed E-state index contributed by atoms with van der Waals surface area (Å²) in [5.74, 6) is 0.477. The van der Waals surface area contributed by atoms with E-state index in [1.807, 2.05) is 6.07 Å². The second-order valence-corrected chi connectivity index (χ2v) is 7.81. The molecule has 1 aliphatic heterocycles. The van der Waals surface area contributed by atoms with Crippen LogP contribution in [0.1, 0.15) is 17.5 Å². The van der Waals surface area contributed by atoms with E-state index in [1.54, 1.807) is 23.9 Å². The highest BCUT2D eigenvalue weighted by Gasteiger charge is 2.16. The Morgan fingerprint density at radius 2 is 1.78 bits per heavy atom. The largest absolute Gasteiger partial charge is 0.370 e. The summed E-state index contributed by atoms with van der Waals surface area (Å²) in [4.78, 5) is 14.7. The van der Waals surface area contributed by atoms with E-state index in [9.17, 15) is 9.18 Å². The van der Waals surface area contributed by atoms with Crippen LogP contribution in [-0.2, 0) is 22.6 Å². The molecule has 0 aromatic heterocycles. The zero-order valence-electron chi connectivity index (χ0n) is 15.4. The van der Waals surface area contributed by atoms with Crippen LogP contribution in [0.5, 0.6) is 0 Å². The maximum absolute atomic E-state index is 12.9. The van der Waals surface area contributed by atoms with Crippen LogP contribution in [0.2, 0.25) is 0 Å². The van der Waals surface area contributed by atoms with E-state index in [0.717, 1.165) is 37.7 Å². The fraction of sp³-hybridized carbons (Fsp3) is 0.381. The summed E-state index contributed by atoms with van der Waals surface area (Å²) in [6.45, 7) is 5.22. The standard InChI is InChI=1S/C21H25FN2O2S/c22-19-5-7-20(8-6-19)27-14-9-21(25)23-15-17-3-1-2-4-18(17)16-24-10-12-26-13-11-24/h1-8H,9-16H2,(H,23,25)/p+1. The van der Waals surface area contributed by atoms with Gasteiger partial charge in [-0.05, 0) is 29.8 Å². The number of hydrogen-bond donors (Lipinski definition) is 2. The minimum absolute atomic E-state index is 0.0399. The van der Waals surface area contributed by atoms with Crippen LogP contribution in [0.15, 0.2) is 53.4 Å². The molecule has 2 N–H and O–H groups in total. The highest BCUT2D eigenvalue weighted by Crippen LogP contribution is 2.18. The van der Waals surface area contributed by atoms with Gasteiger partial charge >= 0.3 is 0 Å². The third kappa shape index (κ3) is 6.65. The summed E-state index contributed by atoms with van der Waals surface area (Å²) in [7, 11) is 0. The maximum Gasteiger partial charge on any atom is 0.221 e. The van der Waals surface area contributed by atoms with Crippen LogP contribution >= 0.6 is 11.8 Å². The van der Waals surface area contributed by atoms with Crippen LogP contribution in [0.3, 0.4) is 0 Å². The van der Waals surface area contributed by atoms with E-state index in [4.69, 9.17) is 4.74 Å². The molecule has 1 aliphatic rings. The van der Waals surface area contributed by atoms with Crippen molar-refractivity contribution in [3.8, 4) is 0 Å². The minimum atomic E-state index is -0.241. The maximum atomic E-state index is 12.9. The number of benzene rings is 2. The van der Waals surface area contributed by atoms with Crippen LogP contribution in [0, 0.1) is 5.82 Å². The fourth-order valence-electron chi connectivity index (χ4n) is 3.08. The monoisotopic (exact) mass is 389 g/mol. The van der Waals surface area contributed by atoms with Crippen molar-refractivity contribution in [3.63, 3.8) is 0 Å². The molecule has 0 unspecified atom stereocenters. The first-order valence-electron chi connectivity index (χ1n) is 9.34. The van der Waals surface area contributed by atoms with Gasteiger partial charge in [0.2, 0.25) is 5.91 Å². The van der Waals surface area contributed by atoms with Crippen LogP contribution in [0.25, 0.3) is 0 Å². The molecule has 2 aromatic carbocycles. The van der Waals surface area contributed by atoms with Gasteiger partial charge in [-0.3, -0.25) is 4.79 Å². The first kappa shape index (κ1) is 19.9. The molecule has 0 saturated carbocycles. The first-order chi connectivity index (χ1) is 13.2. The zero-order chi connectivity index (χ0) is 18.9. The molecular weight excluding hydrogens is 363 g/mol. The molecule has 0 radical (unpaired) electrons. The van der Waals surface area contributed by atoms with E-state index in [-0.39, 0.29) is 11.7 Å². The van der Waals surface area contributed by atoms with Crippen molar-refractivity contribution < 1.29 is 18.8 Å². The Balaban J connectivity index is 1.43. The molecule has 144 valence electrons. The second-order valence-electron chi connectivity index (χ2n) is 6.64. The van der Waals surface area contributed by atoms with E-state index in [2.05, 4.69) is 23.5 Å². The number of morpholine rings is 1. The highest BCUT2D eigenvalue weighted by atomic mass is 32.2. The summed E-state index contributed by atoms with van der Waals surface area (Å²) in [5, 5.41) is 3.03. The second kappa shape index (κ2) is 10.4. The molecule has 0 bridgehead atoms. The lowest BCUT2D eigenvalue weighted by molar-refractivity contribution is -0.921. The number of amides is 1. The number of ether oxygens (including phenoxy) is 1. The number of quaternary nitrogens is 1. The molecule has 3 rings (SSSR count).